The van der Waals surface area contributed by atoms with Crippen molar-refractivity contribution in [2.75, 3.05) is 14.2 Å². The fourth-order valence-electron chi connectivity index (χ4n) is 2.67. The van der Waals surface area contributed by atoms with Crippen LogP contribution >= 0.6 is 0 Å². The van der Waals surface area contributed by atoms with Crippen molar-refractivity contribution < 1.29 is 14.3 Å². The first-order valence-electron chi connectivity index (χ1n) is 6.61. The predicted molar refractivity (Wildman–Crippen MR) is 72.6 cm³/mol. The molecule has 1 aromatic rings. The van der Waals surface area contributed by atoms with E-state index in [1.165, 1.54) is 25.3 Å². The highest BCUT2D eigenvalue weighted by Crippen LogP contribution is 2.34. The fraction of sp³-hybridized carbons (Fsp3) is 0.533. The van der Waals surface area contributed by atoms with Crippen LogP contribution in [-0.4, -0.2) is 26.4 Å². The van der Waals surface area contributed by atoms with E-state index in [9.17, 15) is 4.79 Å². The van der Waals surface area contributed by atoms with Crippen LogP contribution in [0.1, 0.15) is 30.5 Å². The SMILES string of the molecule is COC(OC)C(=O)NC1c2ccccc2CCC1C. The van der Waals surface area contributed by atoms with Gasteiger partial charge in [0.15, 0.2) is 0 Å². The molecule has 2 atom stereocenters. The van der Waals surface area contributed by atoms with Crippen molar-refractivity contribution in [2.45, 2.75) is 32.1 Å². The van der Waals surface area contributed by atoms with Gasteiger partial charge < -0.3 is 14.8 Å². The molecule has 2 unspecified atom stereocenters. The standard InChI is InChI=1S/C15H21NO3/c1-10-8-9-11-6-4-5-7-12(11)13(10)16-14(17)15(18-2)19-3/h4-7,10,13,15H,8-9H2,1-3H3,(H,16,17). The molecule has 0 saturated carbocycles. The van der Waals surface area contributed by atoms with Crippen LogP contribution in [0.3, 0.4) is 0 Å². The molecule has 0 spiro atoms. The highest BCUT2D eigenvalue weighted by molar-refractivity contribution is 5.80. The predicted octanol–water partition coefficient (Wildman–Crippen LogP) is 2.05. The van der Waals surface area contributed by atoms with E-state index in [4.69, 9.17) is 9.47 Å². The number of rotatable bonds is 4. The molecule has 0 heterocycles. The average Bonchev–Trinajstić information content (AvgIpc) is 2.43. The molecule has 1 aliphatic rings. The molecule has 0 saturated heterocycles. The number of benzene rings is 1. The van der Waals surface area contributed by atoms with E-state index in [1.807, 2.05) is 12.1 Å². The molecule has 1 aliphatic carbocycles. The summed E-state index contributed by atoms with van der Waals surface area (Å²) in [6, 6.07) is 8.31. The Hall–Kier alpha value is -1.39. The second-order valence-corrected chi connectivity index (χ2v) is 5.00. The summed E-state index contributed by atoms with van der Waals surface area (Å²) in [5.74, 6) is 0.187. The van der Waals surface area contributed by atoms with Gasteiger partial charge in [0.1, 0.15) is 0 Å². The lowest BCUT2D eigenvalue weighted by molar-refractivity contribution is -0.160. The lowest BCUT2D eigenvalue weighted by Gasteiger charge is -2.32. The van der Waals surface area contributed by atoms with Gasteiger partial charge >= 0.3 is 0 Å². The Morgan fingerprint density at radius 3 is 2.68 bits per heavy atom. The number of hydrogen-bond acceptors (Lipinski definition) is 3. The van der Waals surface area contributed by atoms with E-state index in [-0.39, 0.29) is 11.9 Å². The van der Waals surface area contributed by atoms with E-state index in [2.05, 4.69) is 24.4 Å². The summed E-state index contributed by atoms with van der Waals surface area (Å²) >= 11 is 0. The Morgan fingerprint density at radius 1 is 1.32 bits per heavy atom. The maximum absolute atomic E-state index is 12.1. The van der Waals surface area contributed by atoms with Crippen LogP contribution in [0.5, 0.6) is 0 Å². The highest BCUT2D eigenvalue weighted by Gasteiger charge is 2.29. The van der Waals surface area contributed by atoms with Crippen molar-refractivity contribution in [3.05, 3.63) is 35.4 Å². The third kappa shape index (κ3) is 2.96. The summed E-state index contributed by atoms with van der Waals surface area (Å²) in [5, 5.41) is 3.04. The van der Waals surface area contributed by atoms with Gasteiger partial charge in [0.2, 0.25) is 6.29 Å². The molecule has 4 nitrogen and oxygen atoms in total. The van der Waals surface area contributed by atoms with Gasteiger partial charge in [-0.15, -0.1) is 0 Å². The van der Waals surface area contributed by atoms with Crippen LogP contribution in [0.4, 0.5) is 0 Å². The topological polar surface area (TPSA) is 47.6 Å². The van der Waals surface area contributed by atoms with Gasteiger partial charge in [0, 0.05) is 14.2 Å². The molecule has 0 bridgehead atoms. The smallest absolute Gasteiger partial charge is 0.277 e. The van der Waals surface area contributed by atoms with Crippen molar-refractivity contribution in [3.63, 3.8) is 0 Å². The molecule has 0 radical (unpaired) electrons. The number of nitrogens with one attached hydrogen (secondary N) is 1. The first-order valence-corrected chi connectivity index (χ1v) is 6.61. The maximum Gasteiger partial charge on any atom is 0.277 e. The van der Waals surface area contributed by atoms with Crippen LogP contribution < -0.4 is 5.32 Å². The van der Waals surface area contributed by atoms with Crippen molar-refractivity contribution >= 4 is 5.91 Å². The van der Waals surface area contributed by atoms with Gasteiger partial charge in [-0.2, -0.15) is 0 Å². The molecule has 1 aromatic carbocycles. The van der Waals surface area contributed by atoms with E-state index in [0.29, 0.717) is 5.92 Å². The lowest BCUT2D eigenvalue weighted by Crippen LogP contribution is -2.42. The van der Waals surface area contributed by atoms with Crippen LogP contribution in [0, 0.1) is 5.92 Å². The first-order chi connectivity index (χ1) is 9.17. The third-order valence-electron chi connectivity index (χ3n) is 3.77. The van der Waals surface area contributed by atoms with Gasteiger partial charge in [-0.05, 0) is 29.9 Å². The lowest BCUT2D eigenvalue weighted by atomic mass is 9.80. The molecular weight excluding hydrogens is 242 g/mol. The van der Waals surface area contributed by atoms with Crippen molar-refractivity contribution in [2.24, 2.45) is 5.92 Å². The van der Waals surface area contributed by atoms with Gasteiger partial charge in [-0.25, -0.2) is 0 Å². The Morgan fingerprint density at radius 2 is 2.00 bits per heavy atom. The van der Waals surface area contributed by atoms with Gasteiger partial charge in [0.25, 0.3) is 5.91 Å². The molecule has 4 heteroatoms. The molecule has 2 rings (SSSR count). The van der Waals surface area contributed by atoms with Crippen molar-refractivity contribution in [1.29, 1.82) is 0 Å². The second-order valence-electron chi connectivity index (χ2n) is 5.00. The Labute approximate surface area is 114 Å². The van der Waals surface area contributed by atoms with Crippen LogP contribution in [0.2, 0.25) is 0 Å². The zero-order valence-corrected chi connectivity index (χ0v) is 11.7. The molecule has 0 aromatic heterocycles. The summed E-state index contributed by atoms with van der Waals surface area (Å²) < 4.78 is 9.98. The summed E-state index contributed by atoms with van der Waals surface area (Å²) in [6.45, 7) is 2.16. The summed E-state index contributed by atoms with van der Waals surface area (Å²) in [7, 11) is 2.93. The van der Waals surface area contributed by atoms with Crippen molar-refractivity contribution in [1.82, 2.24) is 5.32 Å². The Balaban J connectivity index is 2.17. The number of aryl methyl sites for hydroxylation is 1. The second kappa shape index (κ2) is 6.17. The van der Waals surface area contributed by atoms with E-state index < -0.39 is 6.29 Å². The quantitative estimate of drug-likeness (QED) is 0.846. The normalized spacial score (nSPS) is 22.1. The maximum atomic E-state index is 12.1. The molecule has 19 heavy (non-hydrogen) atoms. The van der Waals surface area contributed by atoms with Crippen LogP contribution in [0.15, 0.2) is 24.3 Å². The highest BCUT2D eigenvalue weighted by atomic mass is 16.7. The van der Waals surface area contributed by atoms with Gasteiger partial charge in [-0.3, -0.25) is 4.79 Å². The zero-order chi connectivity index (χ0) is 13.8. The molecule has 0 aliphatic heterocycles. The minimum Gasteiger partial charge on any atom is -0.348 e. The minimum absolute atomic E-state index is 0.0326. The number of methoxy groups -OCH3 is 2. The first kappa shape index (κ1) is 14.0. The number of fused-ring (bicyclic) bond motifs is 1. The summed E-state index contributed by atoms with van der Waals surface area (Å²) in [4.78, 5) is 12.1. The largest absolute Gasteiger partial charge is 0.348 e. The molecular formula is C15H21NO3. The average molecular weight is 263 g/mol. The number of amides is 1. The van der Waals surface area contributed by atoms with Gasteiger partial charge in [-0.1, -0.05) is 31.2 Å². The minimum atomic E-state index is -0.846. The van der Waals surface area contributed by atoms with E-state index >= 15 is 0 Å². The number of carbonyl (C=O) groups excluding carboxylic acids is 1. The number of carbonyl (C=O) groups is 1. The van der Waals surface area contributed by atoms with Crippen molar-refractivity contribution in [3.8, 4) is 0 Å². The van der Waals surface area contributed by atoms with E-state index in [1.54, 1.807) is 0 Å². The third-order valence-corrected chi connectivity index (χ3v) is 3.77. The van der Waals surface area contributed by atoms with Crippen LogP contribution in [0.25, 0.3) is 0 Å². The summed E-state index contributed by atoms with van der Waals surface area (Å²) in [6.07, 6.45) is 1.30. The summed E-state index contributed by atoms with van der Waals surface area (Å²) in [5.41, 5.74) is 2.53. The van der Waals surface area contributed by atoms with Gasteiger partial charge in [0.05, 0.1) is 6.04 Å². The van der Waals surface area contributed by atoms with Crippen LogP contribution in [-0.2, 0) is 20.7 Å². The fourth-order valence-corrected chi connectivity index (χ4v) is 2.67. The molecule has 0 fully saturated rings. The Bertz CT molecular complexity index is 443. The van der Waals surface area contributed by atoms with E-state index in [0.717, 1.165) is 12.8 Å². The number of hydrogen-bond donors (Lipinski definition) is 1. The zero-order valence-electron chi connectivity index (χ0n) is 11.7. The number of ether oxygens (including phenoxy) is 2. The Kier molecular flexibility index (Phi) is 4.56. The molecule has 1 amide bonds. The monoisotopic (exact) mass is 263 g/mol. The molecule has 104 valence electrons. The molecule has 1 N–H and O–H groups in total.